The SMILES string of the molecule is Nc1ccc(CCC2CCNCC2)cc1S. The molecule has 0 amide bonds. The van der Waals surface area contributed by atoms with E-state index in [0.717, 1.165) is 22.9 Å². The number of piperidine rings is 1. The van der Waals surface area contributed by atoms with Gasteiger partial charge >= 0.3 is 0 Å². The molecule has 2 nitrogen and oxygen atoms in total. The van der Waals surface area contributed by atoms with Gasteiger partial charge in [0, 0.05) is 10.6 Å². The third-order valence-electron chi connectivity index (χ3n) is 3.39. The van der Waals surface area contributed by atoms with Crippen molar-refractivity contribution < 1.29 is 0 Å². The molecule has 1 saturated heterocycles. The van der Waals surface area contributed by atoms with Crippen molar-refractivity contribution in [1.82, 2.24) is 5.32 Å². The molecule has 16 heavy (non-hydrogen) atoms. The molecule has 1 aliphatic rings. The Morgan fingerprint density at radius 3 is 2.75 bits per heavy atom. The normalized spacial score (nSPS) is 17.6. The third kappa shape index (κ3) is 3.16. The summed E-state index contributed by atoms with van der Waals surface area (Å²) in [5.41, 5.74) is 7.87. The first-order valence-corrected chi connectivity index (χ1v) is 6.48. The fourth-order valence-electron chi connectivity index (χ4n) is 2.29. The van der Waals surface area contributed by atoms with Crippen molar-refractivity contribution in [3.63, 3.8) is 0 Å². The lowest BCUT2D eigenvalue weighted by molar-refractivity contribution is 0.354. The molecular formula is C13H20N2S. The van der Waals surface area contributed by atoms with Gasteiger partial charge in [-0.2, -0.15) is 0 Å². The Morgan fingerprint density at radius 1 is 1.31 bits per heavy atom. The van der Waals surface area contributed by atoms with E-state index in [0.29, 0.717) is 0 Å². The number of hydrogen-bond donors (Lipinski definition) is 3. The summed E-state index contributed by atoms with van der Waals surface area (Å²) in [4.78, 5) is 0.905. The standard InChI is InChI=1S/C13H20N2S/c14-12-4-3-11(9-13(12)16)2-1-10-5-7-15-8-6-10/h3-4,9-10,15-16H,1-2,5-8,14H2. The van der Waals surface area contributed by atoms with Gasteiger partial charge in [0.05, 0.1) is 0 Å². The summed E-state index contributed by atoms with van der Waals surface area (Å²) in [6.45, 7) is 2.37. The number of rotatable bonds is 3. The molecule has 0 radical (unpaired) electrons. The molecule has 88 valence electrons. The zero-order valence-corrected chi connectivity index (χ0v) is 10.5. The predicted molar refractivity (Wildman–Crippen MR) is 72.0 cm³/mol. The predicted octanol–water partition coefficient (Wildman–Crippen LogP) is 2.49. The smallest absolute Gasteiger partial charge is 0.0449 e. The Hall–Kier alpha value is -0.670. The van der Waals surface area contributed by atoms with E-state index in [-0.39, 0.29) is 0 Å². The second-order valence-electron chi connectivity index (χ2n) is 4.63. The first kappa shape index (κ1) is 11.8. The van der Waals surface area contributed by atoms with Gasteiger partial charge in [-0.3, -0.25) is 0 Å². The quantitative estimate of drug-likeness (QED) is 0.557. The van der Waals surface area contributed by atoms with Crippen molar-refractivity contribution in [1.29, 1.82) is 0 Å². The van der Waals surface area contributed by atoms with Crippen LogP contribution in [0.3, 0.4) is 0 Å². The molecular weight excluding hydrogens is 216 g/mol. The van der Waals surface area contributed by atoms with Gasteiger partial charge in [-0.1, -0.05) is 6.07 Å². The molecule has 1 heterocycles. The molecule has 1 fully saturated rings. The fraction of sp³-hybridized carbons (Fsp3) is 0.538. The van der Waals surface area contributed by atoms with Crippen molar-refractivity contribution in [2.24, 2.45) is 5.92 Å². The van der Waals surface area contributed by atoms with Gasteiger partial charge in [0.25, 0.3) is 0 Å². The van der Waals surface area contributed by atoms with E-state index in [1.807, 2.05) is 6.07 Å². The summed E-state index contributed by atoms with van der Waals surface area (Å²) in [6.07, 6.45) is 5.09. The molecule has 0 unspecified atom stereocenters. The number of benzene rings is 1. The zero-order chi connectivity index (χ0) is 11.4. The average Bonchev–Trinajstić information content (AvgIpc) is 2.32. The zero-order valence-electron chi connectivity index (χ0n) is 9.58. The summed E-state index contributed by atoms with van der Waals surface area (Å²) in [5.74, 6) is 0.891. The van der Waals surface area contributed by atoms with Crippen LogP contribution in [0.25, 0.3) is 0 Å². The van der Waals surface area contributed by atoms with Gasteiger partial charge in [0.1, 0.15) is 0 Å². The van der Waals surface area contributed by atoms with Crippen LogP contribution in [-0.4, -0.2) is 13.1 Å². The van der Waals surface area contributed by atoms with E-state index in [2.05, 4.69) is 30.1 Å². The number of anilines is 1. The molecule has 3 N–H and O–H groups in total. The van der Waals surface area contributed by atoms with E-state index in [9.17, 15) is 0 Å². The highest BCUT2D eigenvalue weighted by molar-refractivity contribution is 7.80. The molecule has 0 aromatic heterocycles. The Bertz CT molecular complexity index is 346. The Morgan fingerprint density at radius 2 is 2.06 bits per heavy atom. The van der Waals surface area contributed by atoms with Gasteiger partial charge in [-0.05, 0) is 62.4 Å². The van der Waals surface area contributed by atoms with Crippen LogP contribution in [0.2, 0.25) is 0 Å². The summed E-state index contributed by atoms with van der Waals surface area (Å²) in [5, 5.41) is 3.40. The Kier molecular flexibility index (Phi) is 4.13. The minimum Gasteiger partial charge on any atom is -0.398 e. The van der Waals surface area contributed by atoms with Crippen molar-refractivity contribution in [3.05, 3.63) is 23.8 Å². The first-order chi connectivity index (χ1) is 7.75. The molecule has 1 aliphatic heterocycles. The van der Waals surface area contributed by atoms with Crippen LogP contribution in [0, 0.1) is 5.92 Å². The molecule has 3 heteroatoms. The van der Waals surface area contributed by atoms with Crippen LogP contribution in [0.1, 0.15) is 24.8 Å². The van der Waals surface area contributed by atoms with Crippen LogP contribution >= 0.6 is 12.6 Å². The number of thiol groups is 1. The summed E-state index contributed by atoms with van der Waals surface area (Å²) in [6, 6.07) is 6.18. The average molecular weight is 236 g/mol. The van der Waals surface area contributed by atoms with E-state index >= 15 is 0 Å². The lowest BCUT2D eigenvalue weighted by atomic mass is 9.91. The van der Waals surface area contributed by atoms with Crippen molar-refractivity contribution in [3.8, 4) is 0 Å². The van der Waals surface area contributed by atoms with E-state index in [1.165, 1.54) is 37.9 Å². The molecule has 0 bridgehead atoms. The second-order valence-corrected chi connectivity index (χ2v) is 5.11. The molecule has 1 aromatic carbocycles. The van der Waals surface area contributed by atoms with Crippen LogP contribution in [0.15, 0.2) is 23.1 Å². The molecule has 0 saturated carbocycles. The van der Waals surface area contributed by atoms with Gasteiger partial charge in [0.15, 0.2) is 0 Å². The Balaban J connectivity index is 1.86. The molecule has 2 rings (SSSR count). The minimum absolute atomic E-state index is 0.772. The maximum atomic E-state index is 5.74. The summed E-state index contributed by atoms with van der Waals surface area (Å²) >= 11 is 4.35. The van der Waals surface area contributed by atoms with Gasteiger partial charge in [-0.25, -0.2) is 0 Å². The van der Waals surface area contributed by atoms with Gasteiger partial charge < -0.3 is 11.1 Å². The topological polar surface area (TPSA) is 38.0 Å². The summed E-state index contributed by atoms with van der Waals surface area (Å²) in [7, 11) is 0. The minimum atomic E-state index is 0.772. The highest BCUT2D eigenvalue weighted by atomic mass is 32.1. The van der Waals surface area contributed by atoms with Crippen LogP contribution < -0.4 is 11.1 Å². The lowest BCUT2D eigenvalue weighted by Gasteiger charge is -2.22. The van der Waals surface area contributed by atoms with Crippen molar-refractivity contribution in [2.45, 2.75) is 30.6 Å². The third-order valence-corrected chi connectivity index (χ3v) is 3.78. The maximum Gasteiger partial charge on any atom is 0.0449 e. The van der Waals surface area contributed by atoms with Gasteiger partial charge in [0.2, 0.25) is 0 Å². The van der Waals surface area contributed by atoms with E-state index < -0.39 is 0 Å². The number of aryl methyl sites for hydroxylation is 1. The summed E-state index contributed by atoms with van der Waals surface area (Å²) < 4.78 is 0. The largest absolute Gasteiger partial charge is 0.398 e. The number of hydrogen-bond acceptors (Lipinski definition) is 3. The Labute approximate surface area is 103 Å². The van der Waals surface area contributed by atoms with Crippen molar-refractivity contribution in [2.75, 3.05) is 18.8 Å². The van der Waals surface area contributed by atoms with Crippen LogP contribution in [0.5, 0.6) is 0 Å². The fourth-order valence-corrected chi connectivity index (χ4v) is 2.53. The van der Waals surface area contributed by atoms with Gasteiger partial charge in [-0.15, -0.1) is 12.6 Å². The van der Waals surface area contributed by atoms with Crippen LogP contribution in [-0.2, 0) is 6.42 Å². The number of nitrogen functional groups attached to an aromatic ring is 1. The molecule has 1 aromatic rings. The maximum absolute atomic E-state index is 5.74. The lowest BCUT2D eigenvalue weighted by Crippen LogP contribution is -2.27. The second kappa shape index (κ2) is 5.60. The highest BCUT2D eigenvalue weighted by Gasteiger charge is 2.12. The van der Waals surface area contributed by atoms with Crippen LogP contribution in [0.4, 0.5) is 5.69 Å². The van der Waals surface area contributed by atoms with E-state index in [1.54, 1.807) is 0 Å². The molecule has 0 aliphatic carbocycles. The van der Waals surface area contributed by atoms with Crippen molar-refractivity contribution >= 4 is 18.3 Å². The number of nitrogens with one attached hydrogen (secondary N) is 1. The monoisotopic (exact) mass is 236 g/mol. The molecule has 0 spiro atoms. The highest BCUT2D eigenvalue weighted by Crippen LogP contribution is 2.22. The number of nitrogens with two attached hydrogens (primary N) is 1. The molecule has 0 atom stereocenters. The first-order valence-electron chi connectivity index (χ1n) is 6.04. The van der Waals surface area contributed by atoms with E-state index in [4.69, 9.17) is 5.73 Å².